The molecular weight excluding hydrogens is 383 g/mol. The summed E-state index contributed by atoms with van der Waals surface area (Å²) in [6.07, 6.45) is 3.90. The van der Waals surface area contributed by atoms with Crippen LogP contribution >= 0.6 is 0 Å². The molecule has 30 heavy (non-hydrogen) atoms. The van der Waals surface area contributed by atoms with Crippen LogP contribution in [0.15, 0.2) is 72.8 Å². The summed E-state index contributed by atoms with van der Waals surface area (Å²) in [5.74, 6) is 0.852. The van der Waals surface area contributed by atoms with Crippen LogP contribution in [0.5, 0.6) is 17.2 Å². The molecule has 0 aromatic heterocycles. The molecule has 0 radical (unpaired) electrons. The number of benzene rings is 3. The van der Waals surface area contributed by atoms with Gasteiger partial charge in [-0.3, -0.25) is 4.79 Å². The van der Waals surface area contributed by atoms with E-state index in [4.69, 9.17) is 14.2 Å². The molecule has 5 heteroatoms. The minimum atomic E-state index is -0.491. The average molecular weight is 404 g/mol. The number of hydrogen-bond donors (Lipinski definition) is 0. The van der Waals surface area contributed by atoms with Crippen molar-refractivity contribution in [1.29, 1.82) is 0 Å². The van der Waals surface area contributed by atoms with E-state index in [1.165, 1.54) is 24.3 Å². The van der Waals surface area contributed by atoms with Crippen LogP contribution < -0.4 is 14.2 Å². The molecule has 0 saturated carbocycles. The summed E-state index contributed by atoms with van der Waals surface area (Å²) in [4.78, 5) is 12.8. The third kappa shape index (κ3) is 4.87. The lowest BCUT2D eigenvalue weighted by atomic mass is 10.1. The summed E-state index contributed by atoms with van der Waals surface area (Å²) in [5, 5.41) is 0. The van der Waals surface area contributed by atoms with Crippen molar-refractivity contribution in [2.45, 2.75) is 13.0 Å². The lowest BCUT2D eigenvalue weighted by Gasteiger charge is -2.10. The molecule has 0 bridgehead atoms. The zero-order chi connectivity index (χ0) is 20.8. The molecule has 0 fully saturated rings. The van der Waals surface area contributed by atoms with Crippen molar-refractivity contribution in [3.63, 3.8) is 0 Å². The van der Waals surface area contributed by atoms with E-state index in [0.717, 1.165) is 17.5 Å². The first-order valence-electron chi connectivity index (χ1n) is 9.77. The molecular formula is C25H21FO4. The van der Waals surface area contributed by atoms with Crippen molar-refractivity contribution in [2.75, 3.05) is 13.2 Å². The Labute approximate surface area is 174 Å². The summed E-state index contributed by atoms with van der Waals surface area (Å²) < 4.78 is 30.9. The van der Waals surface area contributed by atoms with Gasteiger partial charge in [-0.2, -0.15) is 0 Å². The van der Waals surface area contributed by atoms with Crippen molar-refractivity contribution in [3.05, 3.63) is 95.3 Å². The molecule has 1 aliphatic rings. The van der Waals surface area contributed by atoms with Crippen molar-refractivity contribution in [2.24, 2.45) is 0 Å². The van der Waals surface area contributed by atoms with Gasteiger partial charge in [0.2, 0.25) is 0 Å². The molecule has 3 aromatic rings. The number of fused-ring (bicyclic) bond motifs is 1. The Balaban J connectivity index is 1.51. The molecule has 4 rings (SSSR count). The summed E-state index contributed by atoms with van der Waals surface area (Å²) in [7, 11) is 0. The highest BCUT2D eigenvalue weighted by atomic mass is 19.1. The van der Waals surface area contributed by atoms with E-state index < -0.39 is 5.82 Å². The minimum Gasteiger partial charge on any atom is -0.490 e. The Bertz CT molecular complexity index is 1060. The van der Waals surface area contributed by atoms with E-state index in [0.29, 0.717) is 37.1 Å². The van der Waals surface area contributed by atoms with Gasteiger partial charge in [0.05, 0.1) is 18.8 Å². The second-order valence-electron chi connectivity index (χ2n) is 6.87. The predicted octanol–water partition coefficient (Wildman–Crippen LogP) is 5.46. The molecule has 152 valence electrons. The van der Waals surface area contributed by atoms with Crippen LogP contribution in [0.25, 0.3) is 6.08 Å². The lowest BCUT2D eigenvalue weighted by molar-refractivity contribution is 0.104. The second-order valence-corrected chi connectivity index (χ2v) is 6.87. The molecule has 0 N–H and O–H groups in total. The largest absolute Gasteiger partial charge is 0.490 e. The maximum atomic E-state index is 13.8. The fourth-order valence-corrected chi connectivity index (χ4v) is 3.10. The van der Waals surface area contributed by atoms with E-state index in [9.17, 15) is 9.18 Å². The van der Waals surface area contributed by atoms with Gasteiger partial charge < -0.3 is 14.2 Å². The number of allylic oxidation sites excluding steroid dienone is 1. The van der Waals surface area contributed by atoms with Gasteiger partial charge in [-0.15, -0.1) is 0 Å². The van der Waals surface area contributed by atoms with Gasteiger partial charge in [0.1, 0.15) is 18.2 Å². The van der Waals surface area contributed by atoms with Crippen LogP contribution in [0.4, 0.5) is 4.39 Å². The summed E-state index contributed by atoms with van der Waals surface area (Å²) in [5.41, 5.74) is 1.93. The highest BCUT2D eigenvalue weighted by Gasteiger charge is 2.13. The molecule has 0 atom stereocenters. The van der Waals surface area contributed by atoms with Crippen LogP contribution in [0.2, 0.25) is 0 Å². The Morgan fingerprint density at radius 3 is 2.60 bits per heavy atom. The van der Waals surface area contributed by atoms with Crippen molar-refractivity contribution in [1.82, 2.24) is 0 Å². The van der Waals surface area contributed by atoms with E-state index in [1.807, 2.05) is 48.5 Å². The molecule has 0 unspecified atom stereocenters. The molecule has 0 saturated heterocycles. The quantitative estimate of drug-likeness (QED) is 0.404. The number of ether oxygens (including phenoxy) is 3. The van der Waals surface area contributed by atoms with E-state index in [2.05, 4.69) is 0 Å². The average Bonchev–Trinajstić information content (AvgIpc) is 3.02. The van der Waals surface area contributed by atoms with Gasteiger partial charge in [0.15, 0.2) is 17.3 Å². The van der Waals surface area contributed by atoms with Gasteiger partial charge in [0, 0.05) is 6.42 Å². The molecule has 3 aromatic carbocycles. The first-order valence-corrected chi connectivity index (χ1v) is 9.77. The van der Waals surface area contributed by atoms with E-state index in [1.54, 1.807) is 6.08 Å². The monoisotopic (exact) mass is 404 g/mol. The second kappa shape index (κ2) is 9.27. The third-order valence-electron chi connectivity index (χ3n) is 4.64. The fourth-order valence-electron chi connectivity index (χ4n) is 3.10. The molecule has 0 aliphatic carbocycles. The van der Waals surface area contributed by atoms with E-state index >= 15 is 0 Å². The first kappa shape index (κ1) is 19.7. The summed E-state index contributed by atoms with van der Waals surface area (Å²) in [6, 6.07) is 19.0. The van der Waals surface area contributed by atoms with Crippen LogP contribution in [-0.2, 0) is 6.61 Å². The number of halogens is 1. The Hall–Kier alpha value is -3.60. The van der Waals surface area contributed by atoms with Gasteiger partial charge in [-0.25, -0.2) is 4.39 Å². The van der Waals surface area contributed by atoms with Crippen LogP contribution in [0.1, 0.15) is 27.9 Å². The van der Waals surface area contributed by atoms with Gasteiger partial charge in [-0.05, 0) is 47.5 Å². The molecule has 0 amide bonds. The molecule has 0 spiro atoms. The number of rotatable bonds is 6. The Kier molecular flexibility index (Phi) is 6.09. The Morgan fingerprint density at radius 1 is 0.967 bits per heavy atom. The van der Waals surface area contributed by atoms with Crippen molar-refractivity contribution in [3.8, 4) is 17.2 Å². The van der Waals surface area contributed by atoms with Crippen LogP contribution in [0.3, 0.4) is 0 Å². The fraction of sp³-hybridized carbons (Fsp3) is 0.160. The first-order chi connectivity index (χ1) is 14.7. The highest BCUT2D eigenvalue weighted by molar-refractivity contribution is 6.08. The standard InChI is InChI=1S/C25H21FO4/c26-20-9-12-23(30-17-19-5-2-1-3-6-19)21(16-20)22(27)10-7-18-8-11-24-25(15-18)29-14-4-13-28-24/h1-3,5-12,15-16H,4,13-14,17H2/b10-7+. The van der Waals surface area contributed by atoms with Gasteiger partial charge in [-0.1, -0.05) is 42.5 Å². The van der Waals surface area contributed by atoms with Crippen LogP contribution in [-0.4, -0.2) is 19.0 Å². The number of ketones is 1. The summed E-state index contributed by atoms with van der Waals surface area (Å²) >= 11 is 0. The van der Waals surface area contributed by atoms with Crippen molar-refractivity contribution >= 4 is 11.9 Å². The number of carbonyl (C=O) groups excluding carboxylic acids is 1. The van der Waals surface area contributed by atoms with Gasteiger partial charge in [0.25, 0.3) is 0 Å². The normalized spacial score (nSPS) is 13.1. The van der Waals surface area contributed by atoms with E-state index in [-0.39, 0.29) is 11.3 Å². The van der Waals surface area contributed by atoms with Crippen molar-refractivity contribution < 1.29 is 23.4 Å². The summed E-state index contributed by atoms with van der Waals surface area (Å²) in [6.45, 7) is 1.50. The minimum absolute atomic E-state index is 0.177. The smallest absolute Gasteiger partial charge is 0.189 e. The molecule has 1 heterocycles. The predicted molar refractivity (Wildman–Crippen MR) is 113 cm³/mol. The number of carbonyl (C=O) groups is 1. The SMILES string of the molecule is O=C(/C=C/c1ccc2c(c1)OCCCO2)c1cc(F)ccc1OCc1ccccc1. The molecule has 4 nitrogen and oxygen atoms in total. The lowest BCUT2D eigenvalue weighted by Crippen LogP contribution is -2.03. The number of hydrogen-bond acceptors (Lipinski definition) is 4. The zero-order valence-electron chi connectivity index (χ0n) is 16.3. The maximum absolute atomic E-state index is 13.8. The Morgan fingerprint density at radius 2 is 1.77 bits per heavy atom. The maximum Gasteiger partial charge on any atom is 0.189 e. The highest BCUT2D eigenvalue weighted by Crippen LogP contribution is 2.31. The van der Waals surface area contributed by atoms with Gasteiger partial charge >= 0.3 is 0 Å². The third-order valence-corrected chi connectivity index (χ3v) is 4.64. The zero-order valence-corrected chi connectivity index (χ0v) is 16.3. The van der Waals surface area contributed by atoms with Crippen LogP contribution in [0, 0.1) is 5.82 Å². The topological polar surface area (TPSA) is 44.8 Å². The molecule has 1 aliphatic heterocycles.